The Hall–Kier alpha value is -2.08. The normalized spacial score (nSPS) is 18.0. The molecule has 0 spiro atoms. The van der Waals surface area contributed by atoms with Crippen molar-refractivity contribution in [1.29, 1.82) is 0 Å². The number of rotatable bonds is 2. The minimum atomic E-state index is -0.456. The lowest BCUT2D eigenvalue weighted by molar-refractivity contribution is -0.125. The van der Waals surface area contributed by atoms with Crippen LogP contribution in [0.15, 0.2) is 36.5 Å². The van der Waals surface area contributed by atoms with Crippen molar-refractivity contribution in [2.24, 2.45) is 0 Å². The Bertz CT molecular complexity index is 780. The molecule has 1 atom stereocenters. The third kappa shape index (κ3) is 3.38. The maximum atomic E-state index is 13.0. The van der Waals surface area contributed by atoms with Crippen molar-refractivity contribution in [3.05, 3.63) is 42.2 Å². The number of hydrogen-bond donors (Lipinski definition) is 1. The molecule has 1 aromatic carbocycles. The van der Waals surface area contributed by atoms with Gasteiger partial charge in [-0.2, -0.15) is 0 Å². The van der Waals surface area contributed by atoms with Gasteiger partial charge in [-0.1, -0.05) is 24.3 Å². The second kappa shape index (κ2) is 6.43. The van der Waals surface area contributed by atoms with Gasteiger partial charge in [0.05, 0.1) is 5.88 Å². The third-order valence-corrected chi connectivity index (χ3v) is 4.83. The number of benzene rings is 1. The second-order valence-corrected chi connectivity index (χ2v) is 7.91. The van der Waals surface area contributed by atoms with Crippen molar-refractivity contribution in [3.63, 3.8) is 0 Å². The average Bonchev–Trinajstić information content (AvgIpc) is 3.02. The fourth-order valence-corrected chi connectivity index (χ4v) is 3.89. The molecule has 0 radical (unpaired) electrons. The van der Waals surface area contributed by atoms with E-state index in [9.17, 15) is 9.59 Å². The Morgan fingerprint density at radius 1 is 1.25 bits per heavy atom. The smallest absolute Gasteiger partial charge is 0.274 e. The van der Waals surface area contributed by atoms with Crippen molar-refractivity contribution in [3.8, 4) is 0 Å². The molecule has 24 heavy (non-hydrogen) atoms. The Morgan fingerprint density at radius 2 is 2.00 bits per heavy atom. The highest BCUT2D eigenvalue weighted by molar-refractivity contribution is 7.99. The lowest BCUT2D eigenvalue weighted by Crippen LogP contribution is -2.52. The Balaban J connectivity index is 1.89. The molecule has 3 rings (SSSR count). The summed E-state index contributed by atoms with van der Waals surface area (Å²) >= 11 is 1.59. The summed E-state index contributed by atoms with van der Waals surface area (Å²) in [4.78, 5) is 31.5. The van der Waals surface area contributed by atoms with Gasteiger partial charge in [0.15, 0.2) is 0 Å². The first-order valence-corrected chi connectivity index (χ1v) is 9.07. The molecule has 1 aliphatic heterocycles. The molecule has 126 valence electrons. The molecule has 0 aliphatic carbocycles. The summed E-state index contributed by atoms with van der Waals surface area (Å²) in [6.07, 6.45) is 1.64. The van der Waals surface area contributed by atoms with Crippen LogP contribution in [0.2, 0.25) is 0 Å². The third-order valence-electron chi connectivity index (χ3n) is 3.82. The number of hydrogen-bond acceptors (Lipinski definition) is 4. The van der Waals surface area contributed by atoms with Gasteiger partial charge in [-0.05, 0) is 32.2 Å². The molecule has 1 aromatic heterocycles. The van der Waals surface area contributed by atoms with Crippen LogP contribution in [0.1, 0.15) is 31.3 Å². The molecular formula is C18H21N3O2S. The van der Waals surface area contributed by atoms with Crippen LogP contribution >= 0.6 is 11.8 Å². The predicted octanol–water partition coefficient (Wildman–Crippen LogP) is 2.66. The van der Waals surface area contributed by atoms with Crippen LogP contribution in [-0.2, 0) is 4.79 Å². The summed E-state index contributed by atoms with van der Waals surface area (Å²) in [5.41, 5.74) is 0.0840. The van der Waals surface area contributed by atoms with Gasteiger partial charge in [-0.3, -0.25) is 14.6 Å². The Labute approximate surface area is 145 Å². The Kier molecular flexibility index (Phi) is 4.49. The molecule has 1 fully saturated rings. The zero-order valence-corrected chi connectivity index (χ0v) is 14.9. The summed E-state index contributed by atoms with van der Waals surface area (Å²) in [5.74, 6) is 0.816. The van der Waals surface area contributed by atoms with Crippen molar-refractivity contribution in [2.75, 3.05) is 11.6 Å². The van der Waals surface area contributed by atoms with Gasteiger partial charge in [0.25, 0.3) is 5.91 Å². The van der Waals surface area contributed by atoms with E-state index in [-0.39, 0.29) is 17.4 Å². The number of pyridine rings is 1. The molecule has 2 heterocycles. The first-order chi connectivity index (χ1) is 11.4. The number of amides is 2. The summed E-state index contributed by atoms with van der Waals surface area (Å²) in [6.45, 7) is 5.81. The standard InChI is InChI=1S/C18H21N3O2S/c1-18(2,3)20-16(22)14-10-24-11-21(14)17(23)15-13-7-5-4-6-12(13)8-9-19-15/h4-9,14H,10-11H2,1-3H3,(H,20,22)/t14-/m0/s1. The number of carbonyl (C=O) groups is 2. The summed E-state index contributed by atoms with van der Waals surface area (Å²) in [7, 11) is 0. The molecule has 0 unspecified atom stereocenters. The maximum Gasteiger partial charge on any atom is 0.274 e. The highest BCUT2D eigenvalue weighted by Crippen LogP contribution is 2.26. The van der Waals surface area contributed by atoms with E-state index in [2.05, 4.69) is 10.3 Å². The van der Waals surface area contributed by atoms with E-state index in [1.807, 2.05) is 51.1 Å². The maximum absolute atomic E-state index is 13.0. The summed E-state index contributed by atoms with van der Waals surface area (Å²) in [6, 6.07) is 9.10. The minimum absolute atomic E-state index is 0.110. The van der Waals surface area contributed by atoms with Crippen molar-refractivity contribution in [1.82, 2.24) is 15.2 Å². The van der Waals surface area contributed by atoms with Crippen LogP contribution in [0.3, 0.4) is 0 Å². The topological polar surface area (TPSA) is 62.3 Å². The highest BCUT2D eigenvalue weighted by atomic mass is 32.2. The predicted molar refractivity (Wildman–Crippen MR) is 96.9 cm³/mol. The van der Waals surface area contributed by atoms with Gasteiger partial charge in [-0.25, -0.2) is 0 Å². The zero-order chi connectivity index (χ0) is 17.3. The molecule has 6 heteroatoms. The molecule has 1 aliphatic rings. The van der Waals surface area contributed by atoms with Crippen LogP contribution in [0, 0.1) is 0 Å². The molecule has 0 saturated carbocycles. The van der Waals surface area contributed by atoms with Gasteiger partial charge in [0, 0.05) is 22.9 Å². The van der Waals surface area contributed by atoms with Gasteiger partial charge >= 0.3 is 0 Å². The number of carbonyl (C=O) groups excluding carboxylic acids is 2. The Morgan fingerprint density at radius 3 is 2.75 bits per heavy atom. The average molecular weight is 343 g/mol. The fourth-order valence-electron chi connectivity index (χ4n) is 2.74. The number of nitrogens with one attached hydrogen (secondary N) is 1. The van der Waals surface area contributed by atoms with Gasteiger partial charge in [0.1, 0.15) is 11.7 Å². The molecule has 5 nitrogen and oxygen atoms in total. The molecule has 1 N–H and O–H groups in total. The minimum Gasteiger partial charge on any atom is -0.350 e. The lowest BCUT2D eigenvalue weighted by atomic mass is 10.1. The van der Waals surface area contributed by atoms with E-state index in [4.69, 9.17) is 0 Å². The molecule has 2 aromatic rings. The monoisotopic (exact) mass is 343 g/mol. The largest absolute Gasteiger partial charge is 0.350 e. The SMILES string of the molecule is CC(C)(C)NC(=O)[C@@H]1CSCN1C(=O)c1nccc2ccccc12. The highest BCUT2D eigenvalue weighted by Gasteiger charge is 2.37. The van der Waals surface area contributed by atoms with Crippen LogP contribution in [0.25, 0.3) is 10.8 Å². The van der Waals surface area contributed by atoms with Crippen LogP contribution < -0.4 is 5.32 Å². The zero-order valence-electron chi connectivity index (χ0n) is 14.1. The first-order valence-electron chi connectivity index (χ1n) is 7.91. The number of fused-ring (bicyclic) bond motifs is 1. The molecule has 1 saturated heterocycles. The number of aromatic nitrogens is 1. The van der Waals surface area contributed by atoms with E-state index < -0.39 is 6.04 Å². The van der Waals surface area contributed by atoms with Gasteiger partial charge in [-0.15, -0.1) is 11.8 Å². The van der Waals surface area contributed by atoms with Crippen molar-refractivity contribution < 1.29 is 9.59 Å². The summed E-state index contributed by atoms with van der Waals surface area (Å²) in [5, 5.41) is 4.76. The number of thioether (sulfide) groups is 1. The molecule has 0 bridgehead atoms. The van der Waals surface area contributed by atoms with Crippen LogP contribution in [-0.4, -0.2) is 44.9 Å². The summed E-state index contributed by atoms with van der Waals surface area (Å²) < 4.78 is 0. The fraction of sp³-hybridized carbons (Fsp3) is 0.389. The molecular weight excluding hydrogens is 322 g/mol. The van der Waals surface area contributed by atoms with Gasteiger partial charge < -0.3 is 10.2 Å². The quantitative estimate of drug-likeness (QED) is 0.911. The van der Waals surface area contributed by atoms with E-state index in [0.29, 0.717) is 17.3 Å². The van der Waals surface area contributed by atoms with Gasteiger partial charge in [0.2, 0.25) is 5.91 Å². The van der Waals surface area contributed by atoms with Crippen molar-refractivity contribution >= 4 is 34.3 Å². The van der Waals surface area contributed by atoms with E-state index in [1.165, 1.54) is 0 Å². The van der Waals surface area contributed by atoms with Crippen LogP contribution in [0.5, 0.6) is 0 Å². The molecule has 2 amide bonds. The van der Waals surface area contributed by atoms with E-state index >= 15 is 0 Å². The van der Waals surface area contributed by atoms with E-state index in [1.54, 1.807) is 22.9 Å². The lowest BCUT2D eigenvalue weighted by Gasteiger charge is -2.27. The van der Waals surface area contributed by atoms with E-state index in [0.717, 1.165) is 10.8 Å². The second-order valence-electron chi connectivity index (χ2n) is 6.91. The van der Waals surface area contributed by atoms with Crippen molar-refractivity contribution in [2.45, 2.75) is 32.4 Å². The first kappa shape index (κ1) is 16.8. The van der Waals surface area contributed by atoms with Crippen LogP contribution in [0.4, 0.5) is 0 Å². The number of nitrogens with zero attached hydrogens (tertiary/aromatic N) is 2.